The number of imide groups is 1. The van der Waals surface area contributed by atoms with E-state index < -0.39 is 29.9 Å². The summed E-state index contributed by atoms with van der Waals surface area (Å²) in [6.07, 6.45) is 3.04. The standard InChI is InChI=1S/C35H31ClN2O8/c1-3-44-35-23(8-6-14-39)25(27-18-45-29-9-5-4-7-24(29)31(27)40)17-30(46-35)32(41)37-21-11-13-28(19(2)15-21)38-33(42)22-12-10-20(36)16-26(22)34(38)43/h4-5,7,9-13,15-18,23,25,35,39H,3,6,8,14H2,1-2H3,(H,37,41). The summed E-state index contributed by atoms with van der Waals surface area (Å²) in [4.78, 5) is 54.5. The second kappa shape index (κ2) is 12.9. The summed E-state index contributed by atoms with van der Waals surface area (Å²) < 4.78 is 17.8. The number of carbonyl (C=O) groups is 3. The summed E-state index contributed by atoms with van der Waals surface area (Å²) in [5.41, 5.74) is 2.41. The molecule has 2 aliphatic rings. The van der Waals surface area contributed by atoms with Crippen LogP contribution in [0.2, 0.25) is 5.02 Å². The lowest BCUT2D eigenvalue weighted by Gasteiger charge is -2.36. The second-order valence-electron chi connectivity index (χ2n) is 11.1. The van der Waals surface area contributed by atoms with Gasteiger partial charge >= 0.3 is 0 Å². The Morgan fingerprint density at radius 2 is 1.83 bits per heavy atom. The minimum Gasteiger partial charge on any atom is -0.464 e. The van der Waals surface area contributed by atoms with E-state index in [9.17, 15) is 24.3 Å². The third-order valence-corrected chi connectivity index (χ3v) is 8.48. The fraction of sp³-hybridized carbons (Fsp3) is 0.257. The molecule has 10 nitrogen and oxygen atoms in total. The first-order valence-electron chi connectivity index (χ1n) is 14.9. The molecule has 2 aliphatic heterocycles. The van der Waals surface area contributed by atoms with Gasteiger partial charge in [0.2, 0.25) is 6.29 Å². The molecule has 2 N–H and O–H groups in total. The number of fused-ring (bicyclic) bond motifs is 2. The van der Waals surface area contributed by atoms with E-state index in [-0.39, 0.29) is 34.8 Å². The number of nitrogens with one attached hydrogen (secondary N) is 1. The number of para-hydroxylation sites is 1. The smallest absolute Gasteiger partial charge is 0.290 e. The molecule has 11 heteroatoms. The maximum absolute atomic E-state index is 13.6. The molecule has 1 aromatic heterocycles. The van der Waals surface area contributed by atoms with Gasteiger partial charge in [-0.2, -0.15) is 0 Å². The molecule has 236 valence electrons. The SMILES string of the molecule is CCOC1OC(C(=O)Nc2ccc(N3C(=O)c4ccc(Cl)cc4C3=O)c(C)c2)=CC(c2coc3ccccc3c2=O)C1CCCO. The predicted molar refractivity (Wildman–Crippen MR) is 172 cm³/mol. The first kappa shape index (κ1) is 31.2. The highest BCUT2D eigenvalue weighted by Gasteiger charge is 2.40. The highest BCUT2D eigenvalue weighted by Crippen LogP contribution is 2.39. The van der Waals surface area contributed by atoms with Gasteiger partial charge in [0.15, 0.2) is 11.2 Å². The Morgan fingerprint density at radius 3 is 2.59 bits per heavy atom. The molecule has 3 amide bonds. The van der Waals surface area contributed by atoms with Gasteiger partial charge in [0.05, 0.1) is 28.5 Å². The molecule has 3 atom stereocenters. The van der Waals surface area contributed by atoms with Crippen LogP contribution in [0.25, 0.3) is 11.0 Å². The van der Waals surface area contributed by atoms with Crippen LogP contribution in [0.5, 0.6) is 0 Å². The Balaban J connectivity index is 1.30. The van der Waals surface area contributed by atoms with Crippen molar-refractivity contribution in [1.82, 2.24) is 0 Å². The van der Waals surface area contributed by atoms with E-state index in [2.05, 4.69) is 5.32 Å². The average molecular weight is 643 g/mol. The number of hydrogen-bond acceptors (Lipinski definition) is 8. The number of aryl methyl sites for hydroxylation is 1. The molecule has 4 aromatic rings. The summed E-state index contributed by atoms with van der Waals surface area (Å²) in [6.45, 7) is 3.76. The quantitative estimate of drug-likeness (QED) is 0.214. The van der Waals surface area contributed by atoms with E-state index in [1.54, 1.807) is 68.5 Å². The fourth-order valence-corrected chi connectivity index (χ4v) is 6.23. The van der Waals surface area contributed by atoms with Crippen molar-refractivity contribution in [3.63, 3.8) is 0 Å². The monoisotopic (exact) mass is 642 g/mol. The third kappa shape index (κ3) is 5.71. The topological polar surface area (TPSA) is 135 Å². The Morgan fingerprint density at radius 1 is 1.04 bits per heavy atom. The molecule has 3 unspecified atom stereocenters. The normalized spacial score (nSPS) is 19.2. The van der Waals surface area contributed by atoms with Gasteiger partial charge in [-0.15, -0.1) is 0 Å². The Kier molecular flexibility index (Phi) is 8.77. The molecule has 0 bridgehead atoms. The Bertz CT molecular complexity index is 1950. The van der Waals surface area contributed by atoms with Crippen LogP contribution in [0.3, 0.4) is 0 Å². The van der Waals surface area contributed by atoms with Crippen LogP contribution in [0.4, 0.5) is 11.4 Å². The summed E-state index contributed by atoms with van der Waals surface area (Å²) in [7, 11) is 0. The predicted octanol–water partition coefficient (Wildman–Crippen LogP) is 5.94. The lowest BCUT2D eigenvalue weighted by molar-refractivity contribution is -0.165. The number of hydrogen-bond donors (Lipinski definition) is 2. The number of anilines is 2. The maximum atomic E-state index is 13.6. The summed E-state index contributed by atoms with van der Waals surface area (Å²) >= 11 is 6.05. The van der Waals surface area contributed by atoms with Gasteiger partial charge < -0.3 is 24.3 Å². The van der Waals surface area contributed by atoms with Crippen LogP contribution in [-0.4, -0.2) is 42.3 Å². The van der Waals surface area contributed by atoms with E-state index in [0.29, 0.717) is 57.9 Å². The first-order chi connectivity index (χ1) is 22.2. The lowest BCUT2D eigenvalue weighted by Crippen LogP contribution is -2.38. The number of aliphatic hydroxyl groups excluding tert-OH is 1. The fourth-order valence-electron chi connectivity index (χ4n) is 6.05. The van der Waals surface area contributed by atoms with Crippen molar-refractivity contribution < 1.29 is 33.4 Å². The largest absolute Gasteiger partial charge is 0.464 e. The average Bonchev–Trinajstić information content (AvgIpc) is 3.29. The number of allylic oxidation sites excluding steroid dienone is 1. The van der Waals surface area contributed by atoms with Crippen molar-refractivity contribution in [2.24, 2.45) is 5.92 Å². The van der Waals surface area contributed by atoms with E-state index in [4.69, 9.17) is 25.5 Å². The van der Waals surface area contributed by atoms with Crippen LogP contribution in [0.15, 0.2) is 88.0 Å². The van der Waals surface area contributed by atoms with Crippen molar-refractivity contribution in [3.05, 3.63) is 116 Å². The van der Waals surface area contributed by atoms with E-state index in [1.807, 2.05) is 0 Å². The van der Waals surface area contributed by atoms with Crippen molar-refractivity contribution in [2.45, 2.75) is 38.9 Å². The number of rotatable bonds is 9. The zero-order valence-electron chi connectivity index (χ0n) is 25.1. The molecule has 0 aliphatic carbocycles. The molecule has 3 aromatic carbocycles. The Hall–Kier alpha value is -4.77. The molecule has 3 heterocycles. The van der Waals surface area contributed by atoms with Gasteiger partial charge in [0.1, 0.15) is 5.58 Å². The molecular formula is C35H31ClN2O8. The van der Waals surface area contributed by atoms with Crippen LogP contribution in [0, 0.1) is 12.8 Å². The van der Waals surface area contributed by atoms with E-state index in [1.165, 1.54) is 18.4 Å². The number of amides is 3. The highest BCUT2D eigenvalue weighted by molar-refractivity contribution is 6.37. The third-order valence-electron chi connectivity index (χ3n) is 8.25. The molecule has 0 spiro atoms. The molecule has 0 fully saturated rings. The molecule has 0 radical (unpaired) electrons. The first-order valence-corrected chi connectivity index (χ1v) is 15.3. The van der Waals surface area contributed by atoms with Crippen molar-refractivity contribution in [3.8, 4) is 0 Å². The highest BCUT2D eigenvalue weighted by atomic mass is 35.5. The van der Waals surface area contributed by atoms with Crippen molar-refractivity contribution in [1.29, 1.82) is 0 Å². The van der Waals surface area contributed by atoms with Gasteiger partial charge in [0, 0.05) is 41.3 Å². The number of carbonyl (C=O) groups excluding carboxylic acids is 3. The minimum absolute atomic E-state index is 0.0461. The zero-order valence-corrected chi connectivity index (χ0v) is 25.9. The molecule has 46 heavy (non-hydrogen) atoms. The van der Waals surface area contributed by atoms with Crippen LogP contribution >= 0.6 is 11.6 Å². The van der Waals surface area contributed by atoms with Gasteiger partial charge in [-0.1, -0.05) is 23.7 Å². The maximum Gasteiger partial charge on any atom is 0.290 e. The van der Waals surface area contributed by atoms with Crippen LogP contribution < -0.4 is 15.6 Å². The van der Waals surface area contributed by atoms with Gasteiger partial charge in [0.25, 0.3) is 17.7 Å². The van der Waals surface area contributed by atoms with E-state index in [0.717, 1.165) is 4.90 Å². The lowest BCUT2D eigenvalue weighted by atomic mass is 9.81. The molecule has 0 saturated heterocycles. The van der Waals surface area contributed by atoms with Gasteiger partial charge in [-0.25, -0.2) is 4.90 Å². The number of aliphatic hydroxyl groups is 1. The van der Waals surface area contributed by atoms with Gasteiger partial charge in [-0.05, 0) is 86.9 Å². The zero-order chi connectivity index (χ0) is 32.5. The molecule has 0 saturated carbocycles. The van der Waals surface area contributed by atoms with Gasteiger partial charge in [-0.3, -0.25) is 19.2 Å². The summed E-state index contributed by atoms with van der Waals surface area (Å²) in [6, 6.07) is 16.3. The minimum atomic E-state index is -0.871. The second-order valence-corrected chi connectivity index (χ2v) is 11.6. The number of benzene rings is 3. The number of ether oxygens (including phenoxy) is 2. The van der Waals surface area contributed by atoms with E-state index >= 15 is 0 Å². The summed E-state index contributed by atoms with van der Waals surface area (Å²) in [5.74, 6) is -2.56. The number of nitrogens with zero attached hydrogens (tertiary/aromatic N) is 1. The molecular weight excluding hydrogens is 612 g/mol. The van der Waals surface area contributed by atoms with Crippen LogP contribution in [-0.2, 0) is 14.3 Å². The number of halogens is 1. The van der Waals surface area contributed by atoms with Crippen molar-refractivity contribution in [2.75, 3.05) is 23.4 Å². The van der Waals surface area contributed by atoms with Crippen LogP contribution in [0.1, 0.15) is 57.5 Å². The summed E-state index contributed by atoms with van der Waals surface area (Å²) in [5, 5.41) is 13.2. The van der Waals surface area contributed by atoms with Crippen molar-refractivity contribution >= 4 is 51.7 Å². The Labute approximate surface area is 269 Å². The molecule has 6 rings (SSSR count).